The largest absolute Gasteiger partial charge is 0.350 e. The lowest BCUT2D eigenvalue weighted by molar-refractivity contribution is 0.249. The average molecular weight is 273 g/mol. The predicted octanol–water partition coefficient (Wildman–Crippen LogP) is 0.487. The molecule has 20 heavy (non-hydrogen) atoms. The van der Waals surface area contributed by atoms with Gasteiger partial charge in [0.25, 0.3) is 5.56 Å². The van der Waals surface area contributed by atoms with Gasteiger partial charge in [-0.15, -0.1) is 0 Å². The molecule has 0 bridgehead atoms. The summed E-state index contributed by atoms with van der Waals surface area (Å²) in [5.74, 6) is 0. The summed E-state index contributed by atoms with van der Waals surface area (Å²) < 4.78 is 3.25. The van der Waals surface area contributed by atoms with E-state index in [1.165, 1.54) is 10.9 Å². The quantitative estimate of drug-likeness (QED) is 0.629. The van der Waals surface area contributed by atoms with Gasteiger partial charge in [-0.1, -0.05) is 18.2 Å². The van der Waals surface area contributed by atoms with Crippen LogP contribution < -0.4 is 16.7 Å². The number of hydrogen-bond acceptors (Lipinski definition) is 3. The number of carbonyl (C=O) groups is 1. The molecule has 0 fully saturated rings. The number of nitrogens with one attached hydrogen (secondary N) is 1. The number of amides is 2. The number of nitrogens with zero attached hydrogens (tertiary/aromatic N) is 3. The Morgan fingerprint density at radius 1 is 1.35 bits per heavy atom. The summed E-state index contributed by atoms with van der Waals surface area (Å²) in [6.45, 7) is 1.80. The summed E-state index contributed by atoms with van der Waals surface area (Å²) in [5, 5.41) is 3.63. The lowest BCUT2D eigenvalue weighted by Crippen LogP contribution is -2.25. The van der Waals surface area contributed by atoms with E-state index >= 15 is 0 Å². The summed E-state index contributed by atoms with van der Waals surface area (Å²) in [6, 6.07) is 8.48. The maximum atomic E-state index is 12.4. The van der Waals surface area contributed by atoms with Gasteiger partial charge in [0.1, 0.15) is 0 Å². The number of hydrazone groups is 1. The number of carbonyl (C=O) groups excluding carboxylic acids is 1. The summed E-state index contributed by atoms with van der Waals surface area (Å²) in [7, 11) is 1.78. The number of rotatable bonds is 3. The standard InChI is InChI=1S/C13H15N5O2/c1-9-11(8-15-16-13(14)20)12(19)18(17(9)2)10-6-4-3-5-7-10/h3-8H,1-2H3,(H3,14,16,20). The van der Waals surface area contributed by atoms with Crippen molar-refractivity contribution in [3.05, 3.63) is 51.9 Å². The minimum absolute atomic E-state index is 0.216. The van der Waals surface area contributed by atoms with Crippen LogP contribution in [0.2, 0.25) is 0 Å². The van der Waals surface area contributed by atoms with Gasteiger partial charge in [-0.2, -0.15) is 5.10 Å². The van der Waals surface area contributed by atoms with Crippen LogP contribution in [0, 0.1) is 6.92 Å². The van der Waals surface area contributed by atoms with E-state index in [0.29, 0.717) is 5.56 Å². The highest BCUT2D eigenvalue weighted by molar-refractivity contribution is 5.82. The SMILES string of the molecule is Cc1c(C=NNC(N)=O)c(=O)n(-c2ccccc2)n1C. The van der Waals surface area contributed by atoms with Gasteiger partial charge in [-0.3, -0.25) is 9.48 Å². The van der Waals surface area contributed by atoms with Crippen molar-refractivity contribution < 1.29 is 4.79 Å². The summed E-state index contributed by atoms with van der Waals surface area (Å²) >= 11 is 0. The van der Waals surface area contributed by atoms with Crippen molar-refractivity contribution in [1.82, 2.24) is 14.8 Å². The third-order valence-electron chi connectivity index (χ3n) is 2.97. The van der Waals surface area contributed by atoms with Crippen LogP contribution in [0.1, 0.15) is 11.3 Å². The van der Waals surface area contributed by atoms with Gasteiger partial charge in [0.05, 0.1) is 17.5 Å². The molecule has 1 aromatic heterocycles. The summed E-state index contributed by atoms with van der Waals surface area (Å²) in [5.41, 5.74) is 8.64. The number of aromatic nitrogens is 2. The Bertz CT molecular complexity index is 712. The zero-order chi connectivity index (χ0) is 14.7. The first kappa shape index (κ1) is 13.6. The minimum Gasteiger partial charge on any atom is -0.350 e. The molecule has 2 rings (SSSR count). The zero-order valence-electron chi connectivity index (χ0n) is 11.2. The molecule has 104 valence electrons. The van der Waals surface area contributed by atoms with Crippen molar-refractivity contribution >= 4 is 12.2 Å². The molecule has 3 N–H and O–H groups in total. The van der Waals surface area contributed by atoms with Crippen molar-refractivity contribution in [1.29, 1.82) is 0 Å². The highest BCUT2D eigenvalue weighted by Crippen LogP contribution is 2.08. The van der Waals surface area contributed by atoms with E-state index in [9.17, 15) is 9.59 Å². The molecule has 0 atom stereocenters. The van der Waals surface area contributed by atoms with Crippen LogP contribution in [-0.2, 0) is 7.05 Å². The Kier molecular flexibility index (Phi) is 3.69. The molecule has 0 spiro atoms. The fourth-order valence-corrected chi connectivity index (χ4v) is 1.90. The van der Waals surface area contributed by atoms with Crippen molar-refractivity contribution in [3.63, 3.8) is 0 Å². The lowest BCUT2D eigenvalue weighted by atomic mass is 10.3. The van der Waals surface area contributed by atoms with E-state index < -0.39 is 6.03 Å². The minimum atomic E-state index is -0.779. The van der Waals surface area contributed by atoms with Crippen LogP contribution in [0.15, 0.2) is 40.2 Å². The number of primary amides is 1. The first-order valence-corrected chi connectivity index (χ1v) is 5.95. The second-order valence-corrected chi connectivity index (χ2v) is 4.21. The number of urea groups is 1. The number of hydrogen-bond donors (Lipinski definition) is 2. The monoisotopic (exact) mass is 273 g/mol. The molecule has 0 aliphatic heterocycles. The van der Waals surface area contributed by atoms with Gasteiger partial charge in [0.15, 0.2) is 0 Å². The molecule has 0 aliphatic rings. The van der Waals surface area contributed by atoms with Crippen LogP contribution >= 0.6 is 0 Å². The summed E-state index contributed by atoms with van der Waals surface area (Å²) in [4.78, 5) is 23.0. The third-order valence-corrected chi connectivity index (χ3v) is 2.97. The normalized spacial score (nSPS) is 10.9. The molecule has 0 radical (unpaired) electrons. The zero-order valence-corrected chi connectivity index (χ0v) is 11.2. The van der Waals surface area contributed by atoms with Gasteiger partial charge >= 0.3 is 6.03 Å². The Hall–Kier alpha value is -2.83. The van der Waals surface area contributed by atoms with E-state index in [1.54, 1.807) is 18.7 Å². The fourth-order valence-electron chi connectivity index (χ4n) is 1.90. The molecule has 0 saturated heterocycles. The van der Waals surface area contributed by atoms with E-state index in [4.69, 9.17) is 5.73 Å². The van der Waals surface area contributed by atoms with E-state index in [2.05, 4.69) is 10.5 Å². The van der Waals surface area contributed by atoms with Gasteiger partial charge in [-0.25, -0.2) is 14.9 Å². The van der Waals surface area contributed by atoms with Crippen molar-refractivity contribution in [3.8, 4) is 5.69 Å². The first-order chi connectivity index (χ1) is 9.52. The van der Waals surface area contributed by atoms with Gasteiger partial charge in [-0.05, 0) is 19.1 Å². The fraction of sp³-hybridized carbons (Fsp3) is 0.154. The molecule has 2 aromatic rings. The molecule has 2 amide bonds. The smallest absolute Gasteiger partial charge is 0.332 e. The topological polar surface area (TPSA) is 94.4 Å². The van der Waals surface area contributed by atoms with Crippen LogP contribution in [-0.4, -0.2) is 21.6 Å². The van der Waals surface area contributed by atoms with Gasteiger partial charge in [0.2, 0.25) is 0 Å². The maximum absolute atomic E-state index is 12.4. The van der Waals surface area contributed by atoms with Crippen LogP contribution in [0.25, 0.3) is 5.69 Å². The molecule has 0 unspecified atom stereocenters. The van der Waals surface area contributed by atoms with Crippen LogP contribution in [0.3, 0.4) is 0 Å². The molecule has 7 heteroatoms. The second-order valence-electron chi connectivity index (χ2n) is 4.21. The van der Waals surface area contributed by atoms with Crippen molar-refractivity contribution in [2.45, 2.75) is 6.92 Å². The molecule has 1 heterocycles. The number of nitrogens with two attached hydrogens (primary N) is 1. The Balaban J connectivity index is 2.50. The first-order valence-electron chi connectivity index (χ1n) is 5.95. The second kappa shape index (κ2) is 5.43. The molecule has 0 aliphatic carbocycles. The maximum Gasteiger partial charge on any atom is 0.332 e. The van der Waals surface area contributed by atoms with E-state index in [0.717, 1.165) is 11.4 Å². The van der Waals surface area contributed by atoms with Gasteiger partial charge in [0, 0.05) is 12.7 Å². The molecule has 0 saturated carbocycles. The average Bonchev–Trinajstić information content (AvgIpc) is 2.63. The molecule has 7 nitrogen and oxygen atoms in total. The highest BCUT2D eigenvalue weighted by Gasteiger charge is 2.14. The molecular weight excluding hydrogens is 258 g/mol. The third kappa shape index (κ3) is 2.46. The van der Waals surface area contributed by atoms with E-state index in [1.807, 2.05) is 30.3 Å². The summed E-state index contributed by atoms with van der Waals surface area (Å²) in [6.07, 6.45) is 1.29. The molecule has 1 aromatic carbocycles. The van der Waals surface area contributed by atoms with Crippen molar-refractivity contribution in [2.24, 2.45) is 17.9 Å². The number of para-hydroxylation sites is 1. The molecular formula is C13H15N5O2. The predicted molar refractivity (Wildman–Crippen MR) is 76.1 cm³/mol. The van der Waals surface area contributed by atoms with Crippen LogP contribution in [0.5, 0.6) is 0 Å². The Labute approximate surface area is 115 Å². The Morgan fingerprint density at radius 2 is 2.00 bits per heavy atom. The van der Waals surface area contributed by atoms with Crippen LogP contribution in [0.4, 0.5) is 4.79 Å². The Morgan fingerprint density at radius 3 is 2.60 bits per heavy atom. The number of benzene rings is 1. The highest BCUT2D eigenvalue weighted by atomic mass is 16.2. The van der Waals surface area contributed by atoms with E-state index in [-0.39, 0.29) is 5.56 Å². The van der Waals surface area contributed by atoms with Crippen molar-refractivity contribution in [2.75, 3.05) is 0 Å². The van der Waals surface area contributed by atoms with Gasteiger partial charge < -0.3 is 5.73 Å². The lowest BCUT2D eigenvalue weighted by Gasteiger charge is -2.07.